The summed E-state index contributed by atoms with van der Waals surface area (Å²) >= 11 is 0. The highest BCUT2D eigenvalue weighted by Gasteiger charge is 2.47. The standard InChI is InChI=1S/C42H62/c1-12-14-16-18-20-22-24-42(25-23-21-19-17-15-13-2)40-34(10)30(6)29(5)33(9)38(40)39-37-32(8)28(4)27(3)26-36(37)31(7)35(11)41(39)42/h26H,12-25H2,1-11H3. The van der Waals surface area contributed by atoms with Gasteiger partial charge in [-0.05, 0) is 158 Å². The van der Waals surface area contributed by atoms with E-state index >= 15 is 0 Å². The lowest BCUT2D eigenvalue weighted by atomic mass is 9.67. The van der Waals surface area contributed by atoms with E-state index in [0.717, 1.165) is 0 Å². The van der Waals surface area contributed by atoms with Crippen LogP contribution < -0.4 is 0 Å². The van der Waals surface area contributed by atoms with Crippen LogP contribution in [0.15, 0.2) is 6.07 Å². The van der Waals surface area contributed by atoms with Gasteiger partial charge in [-0.15, -0.1) is 0 Å². The largest absolute Gasteiger partial charge is 0.0654 e. The lowest BCUT2D eigenvalue weighted by molar-refractivity contribution is 0.395. The lowest BCUT2D eigenvalue weighted by Crippen LogP contribution is -2.28. The molecule has 0 nitrogen and oxygen atoms in total. The smallest absolute Gasteiger partial charge is 0.0221 e. The first-order valence-corrected chi connectivity index (χ1v) is 17.7. The van der Waals surface area contributed by atoms with Gasteiger partial charge in [-0.2, -0.15) is 0 Å². The molecule has 230 valence electrons. The number of rotatable bonds is 14. The van der Waals surface area contributed by atoms with Crippen LogP contribution in [0.4, 0.5) is 0 Å². The van der Waals surface area contributed by atoms with Crippen LogP contribution in [-0.2, 0) is 5.41 Å². The Labute approximate surface area is 260 Å². The van der Waals surface area contributed by atoms with E-state index in [0.29, 0.717) is 0 Å². The Morgan fingerprint density at radius 1 is 0.429 bits per heavy atom. The molecule has 1 aliphatic carbocycles. The van der Waals surface area contributed by atoms with Gasteiger partial charge in [0.15, 0.2) is 0 Å². The van der Waals surface area contributed by atoms with Crippen molar-refractivity contribution in [3.05, 3.63) is 67.3 Å². The van der Waals surface area contributed by atoms with Gasteiger partial charge >= 0.3 is 0 Å². The van der Waals surface area contributed by atoms with Gasteiger partial charge in [0.1, 0.15) is 0 Å². The zero-order chi connectivity index (χ0) is 30.8. The third-order valence-corrected chi connectivity index (χ3v) is 11.8. The molecule has 0 spiro atoms. The summed E-state index contributed by atoms with van der Waals surface area (Å²) < 4.78 is 0. The molecule has 3 aromatic carbocycles. The highest BCUT2D eigenvalue weighted by molar-refractivity contribution is 6.08. The first kappa shape index (κ1) is 32.8. The monoisotopic (exact) mass is 566 g/mol. The van der Waals surface area contributed by atoms with Crippen molar-refractivity contribution < 1.29 is 0 Å². The van der Waals surface area contributed by atoms with Crippen LogP contribution in [0.2, 0.25) is 0 Å². The molecule has 0 fully saturated rings. The molecule has 0 atom stereocenters. The molecule has 0 unspecified atom stereocenters. The summed E-state index contributed by atoms with van der Waals surface area (Å²) in [5.74, 6) is 0. The molecule has 0 amide bonds. The van der Waals surface area contributed by atoms with Gasteiger partial charge in [0, 0.05) is 5.41 Å². The Bertz CT molecular complexity index is 1410. The number of hydrogen-bond acceptors (Lipinski definition) is 0. The third kappa shape index (κ3) is 5.62. The SMILES string of the molecule is CCCCCCCCC1(CCCCCCCC)c2c(C)c(C)c(C)c(C)c2-c2c1c(C)c(C)c1cc(C)c(C)c(C)c21. The second-order valence-electron chi connectivity index (χ2n) is 14.2. The summed E-state index contributed by atoms with van der Waals surface area (Å²) in [5, 5.41) is 3.04. The summed E-state index contributed by atoms with van der Waals surface area (Å²) in [5.41, 5.74) is 20.4. The van der Waals surface area contributed by atoms with Crippen molar-refractivity contribution in [3.8, 4) is 11.1 Å². The van der Waals surface area contributed by atoms with Gasteiger partial charge in [0.2, 0.25) is 0 Å². The number of unbranched alkanes of at least 4 members (excludes halogenated alkanes) is 10. The summed E-state index contributed by atoms with van der Waals surface area (Å²) in [6, 6.07) is 2.50. The van der Waals surface area contributed by atoms with Crippen LogP contribution in [0, 0.1) is 62.3 Å². The predicted octanol–water partition coefficient (Wildman–Crippen LogP) is 13.4. The van der Waals surface area contributed by atoms with Crippen molar-refractivity contribution in [2.24, 2.45) is 0 Å². The Kier molecular flexibility index (Phi) is 10.7. The fraction of sp³-hybridized carbons (Fsp3) is 0.619. The molecule has 3 aromatic rings. The fourth-order valence-corrected chi connectivity index (χ4v) is 8.64. The van der Waals surface area contributed by atoms with E-state index in [4.69, 9.17) is 0 Å². The van der Waals surface area contributed by atoms with Crippen molar-refractivity contribution in [1.29, 1.82) is 0 Å². The zero-order valence-electron chi connectivity index (χ0n) is 29.5. The molecule has 0 aliphatic heterocycles. The van der Waals surface area contributed by atoms with Gasteiger partial charge < -0.3 is 0 Å². The van der Waals surface area contributed by atoms with Crippen LogP contribution >= 0.6 is 0 Å². The molecule has 0 saturated carbocycles. The minimum atomic E-state index is 0.127. The summed E-state index contributed by atoms with van der Waals surface area (Å²) in [4.78, 5) is 0. The van der Waals surface area contributed by atoms with Crippen molar-refractivity contribution in [2.75, 3.05) is 0 Å². The summed E-state index contributed by atoms with van der Waals surface area (Å²) in [6.07, 6.45) is 19.0. The van der Waals surface area contributed by atoms with E-state index in [9.17, 15) is 0 Å². The Morgan fingerprint density at radius 3 is 1.43 bits per heavy atom. The first-order chi connectivity index (χ1) is 20.0. The second kappa shape index (κ2) is 13.7. The molecule has 0 heterocycles. The molecule has 1 aliphatic rings. The molecule has 0 bridgehead atoms. The van der Waals surface area contributed by atoms with Crippen molar-refractivity contribution in [2.45, 2.75) is 171 Å². The van der Waals surface area contributed by atoms with Crippen molar-refractivity contribution >= 4 is 10.8 Å². The average molecular weight is 567 g/mol. The summed E-state index contributed by atoms with van der Waals surface area (Å²) in [6.45, 7) is 26.3. The normalized spacial score (nSPS) is 13.7. The average Bonchev–Trinajstić information content (AvgIpc) is 3.26. The van der Waals surface area contributed by atoms with Gasteiger partial charge in [-0.25, -0.2) is 0 Å². The molecular weight excluding hydrogens is 504 g/mol. The van der Waals surface area contributed by atoms with E-state index in [2.05, 4.69) is 82.2 Å². The Balaban J connectivity index is 2.01. The minimum Gasteiger partial charge on any atom is -0.0654 e. The van der Waals surface area contributed by atoms with E-state index in [1.165, 1.54) is 134 Å². The first-order valence-electron chi connectivity index (χ1n) is 17.7. The Morgan fingerprint density at radius 2 is 0.881 bits per heavy atom. The molecule has 0 heteroatoms. The fourth-order valence-electron chi connectivity index (χ4n) is 8.64. The maximum Gasteiger partial charge on any atom is 0.0221 e. The molecule has 42 heavy (non-hydrogen) atoms. The quantitative estimate of drug-likeness (QED) is 0.170. The van der Waals surface area contributed by atoms with Gasteiger partial charge in [-0.1, -0.05) is 97.0 Å². The van der Waals surface area contributed by atoms with Gasteiger partial charge in [-0.3, -0.25) is 0 Å². The highest BCUT2D eigenvalue weighted by atomic mass is 14.5. The number of benzene rings is 3. The topological polar surface area (TPSA) is 0 Å². The number of aryl methyl sites for hydroxylation is 3. The third-order valence-electron chi connectivity index (χ3n) is 11.8. The van der Waals surface area contributed by atoms with E-state index in [1.54, 1.807) is 38.8 Å². The highest BCUT2D eigenvalue weighted by Crippen LogP contribution is 2.61. The molecule has 0 aromatic heterocycles. The number of fused-ring (bicyclic) bond motifs is 5. The van der Waals surface area contributed by atoms with Crippen LogP contribution in [0.3, 0.4) is 0 Å². The molecule has 4 rings (SSSR count). The van der Waals surface area contributed by atoms with Crippen LogP contribution in [0.1, 0.15) is 165 Å². The lowest BCUT2D eigenvalue weighted by Gasteiger charge is -2.36. The Hall–Kier alpha value is -2.08. The van der Waals surface area contributed by atoms with Crippen LogP contribution in [-0.4, -0.2) is 0 Å². The van der Waals surface area contributed by atoms with Gasteiger partial charge in [0.25, 0.3) is 0 Å². The van der Waals surface area contributed by atoms with Crippen molar-refractivity contribution in [3.63, 3.8) is 0 Å². The maximum atomic E-state index is 2.50. The molecule has 0 radical (unpaired) electrons. The van der Waals surface area contributed by atoms with E-state index in [1.807, 2.05) is 0 Å². The molecule has 0 saturated heterocycles. The predicted molar refractivity (Wildman–Crippen MR) is 189 cm³/mol. The van der Waals surface area contributed by atoms with Crippen LogP contribution in [0.5, 0.6) is 0 Å². The van der Waals surface area contributed by atoms with Crippen LogP contribution in [0.25, 0.3) is 21.9 Å². The van der Waals surface area contributed by atoms with E-state index < -0.39 is 0 Å². The zero-order valence-corrected chi connectivity index (χ0v) is 29.5. The summed E-state index contributed by atoms with van der Waals surface area (Å²) in [7, 11) is 0. The minimum absolute atomic E-state index is 0.127. The van der Waals surface area contributed by atoms with E-state index in [-0.39, 0.29) is 5.41 Å². The second-order valence-corrected chi connectivity index (χ2v) is 14.2. The molecular formula is C42H62. The molecule has 0 N–H and O–H groups in total. The van der Waals surface area contributed by atoms with Crippen molar-refractivity contribution in [1.82, 2.24) is 0 Å². The number of hydrogen-bond donors (Lipinski definition) is 0. The maximum absolute atomic E-state index is 2.50. The van der Waals surface area contributed by atoms with Gasteiger partial charge in [0.05, 0.1) is 0 Å².